The van der Waals surface area contributed by atoms with E-state index in [4.69, 9.17) is 4.74 Å². The summed E-state index contributed by atoms with van der Waals surface area (Å²) in [4.78, 5) is 15.1. The molecule has 0 N–H and O–H groups in total. The fourth-order valence-electron chi connectivity index (χ4n) is 1.21. The lowest BCUT2D eigenvalue weighted by Gasteiger charge is -2.00. The van der Waals surface area contributed by atoms with Crippen LogP contribution in [0.25, 0.3) is 6.08 Å². The number of benzene rings is 1. The summed E-state index contributed by atoms with van der Waals surface area (Å²) in [5.41, 5.74) is 0.949. The van der Waals surface area contributed by atoms with E-state index in [-0.39, 0.29) is 6.73 Å². The Morgan fingerprint density at radius 1 is 1.35 bits per heavy atom. The van der Waals surface area contributed by atoms with Crippen LogP contribution < -0.4 is 0 Å². The Hall–Kier alpha value is -2.43. The Labute approximate surface area is 98.4 Å². The van der Waals surface area contributed by atoms with Crippen molar-refractivity contribution in [3.63, 3.8) is 0 Å². The number of hydrogen-bond donors (Lipinski definition) is 0. The van der Waals surface area contributed by atoms with Crippen LogP contribution in [0.3, 0.4) is 0 Å². The number of rotatable bonds is 4. The van der Waals surface area contributed by atoms with Gasteiger partial charge in [0.15, 0.2) is 6.73 Å². The van der Waals surface area contributed by atoms with Crippen molar-refractivity contribution in [1.82, 2.24) is 14.8 Å². The van der Waals surface area contributed by atoms with Crippen LogP contribution in [-0.2, 0) is 16.3 Å². The molecule has 0 atom stereocenters. The van der Waals surface area contributed by atoms with Crippen LogP contribution >= 0.6 is 0 Å². The van der Waals surface area contributed by atoms with E-state index >= 15 is 0 Å². The highest BCUT2D eigenvalue weighted by Crippen LogP contribution is 2.01. The lowest BCUT2D eigenvalue weighted by Crippen LogP contribution is -2.07. The van der Waals surface area contributed by atoms with Gasteiger partial charge in [-0.25, -0.2) is 14.5 Å². The van der Waals surface area contributed by atoms with Gasteiger partial charge in [0.05, 0.1) is 0 Å². The number of nitrogens with zero attached hydrogens (tertiary/aromatic N) is 3. The molecule has 1 aromatic carbocycles. The Morgan fingerprint density at radius 3 is 2.88 bits per heavy atom. The summed E-state index contributed by atoms with van der Waals surface area (Å²) in [5.74, 6) is -0.413. The molecule has 0 spiro atoms. The summed E-state index contributed by atoms with van der Waals surface area (Å²) >= 11 is 0. The van der Waals surface area contributed by atoms with E-state index in [0.29, 0.717) is 0 Å². The molecule has 5 heteroatoms. The molecule has 0 aliphatic rings. The maximum Gasteiger partial charge on any atom is 0.332 e. The van der Waals surface area contributed by atoms with Gasteiger partial charge in [0, 0.05) is 6.08 Å². The highest BCUT2D eigenvalue weighted by atomic mass is 16.5. The number of carbonyl (C=O) groups excluding carboxylic acids is 1. The lowest BCUT2D eigenvalue weighted by atomic mass is 10.2. The molecule has 1 aromatic heterocycles. The van der Waals surface area contributed by atoms with Gasteiger partial charge >= 0.3 is 5.97 Å². The zero-order valence-corrected chi connectivity index (χ0v) is 9.06. The predicted octanol–water partition coefficient (Wildman–Crippen LogP) is 1.49. The largest absolute Gasteiger partial charge is 0.439 e. The number of carbonyl (C=O) groups is 1. The van der Waals surface area contributed by atoms with Crippen LogP contribution in [0.5, 0.6) is 0 Å². The van der Waals surface area contributed by atoms with Crippen LogP contribution in [0.1, 0.15) is 5.56 Å². The fourth-order valence-corrected chi connectivity index (χ4v) is 1.21. The van der Waals surface area contributed by atoms with Gasteiger partial charge in [-0.05, 0) is 11.6 Å². The van der Waals surface area contributed by atoms with Crippen molar-refractivity contribution < 1.29 is 9.53 Å². The van der Waals surface area contributed by atoms with Gasteiger partial charge in [-0.3, -0.25) is 0 Å². The first kappa shape index (κ1) is 11.1. The van der Waals surface area contributed by atoms with E-state index in [9.17, 15) is 4.79 Å². The van der Waals surface area contributed by atoms with Crippen molar-refractivity contribution in [2.24, 2.45) is 0 Å². The Bertz CT molecular complexity index is 492. The van der Waals surface area contributed by atoms with Crippen molar-refractivity contribution in [2.45, 2.75) is 6.73 Å². The fraction of sp³-hybridized carbons (Fsp3) is 0.0833. The molecule has 2 rings (SSSR count). The standard InChI is InChI=1S/C12H11N3O2/c16-12(17-10-15-9-13-8-14-15)7-6-11-4-2-1-3-5-11/h1-9H,10H2/b7-6+. The first-order chi connectivity index (χ1) is 8.34. The number of aromatic nitrogens is 3. The molecule has 0 saturated carbocycles. The summed E-state index contributed by atoms with van der Waals surface area (Å²) < 4.78 is 6.37. The molecule has 17 heavy (non-hydrogen) atoms. The van der Waals surface area contributed by atoms with E-state index in [2.05, 4.69) is 10.1 Å². The van der Waals surface area contributed by atoms with Crippen LogP contribution in [0.15, 0.2) is 49.1 Å². The molecular weight excluding hydrogens is 218 g/mol. The minimum atomic E-state index is -0.413. The second kappa shape index (κ2) is 5.60. The van der Waals surface area contributed by atoms with Crippen molar-refractivity contribution in [3.05, 3.63) is 54.6 Å². The minimum Gasteiger partial charge on any atom is -0.439 e. The van der Waals surface area contributed by atoms with Gasteiger partial charge in [-0.2, -0.15) is 5.10 Å². The number of ether oxygens (including phenoxy) is 1. The predicted molar refractivity (Wildman–Crippen MR) is 61.6 cm³/mol. The zero-order valence-electron chi connectivity index (χ0n) is 9.06. The van der Waals surface area contributed by atoms with E-state index in [1.165, 1.54) is 23.4 Å². The monoisotopic (exact) mass is 229 g/mol. The molecule has 2 aromatic rings. The van der Waals surface area contributed by atoms with Gasteiger partial charge in [-0.1, -0.05) is 30.3 Å². The molecule has 0 radical (unpaired) electrons. The molecule has 0 amide bonds. The average Bonchev–Trinajstić information content (AvgIpc) is 2.88. The second-order valence-corrected chi connectivity index (χ2v) is 3.27. The molecule has 1 heterocycles. The summed E-state index contributed by atoms with van der Waals surface area (Å²) in [5, 5.41) is 3.81. The third-order valence-corrected chi connectivity index (χ3v) is 2.02. The molecule has 0 aliphatic heterocycles. The highest BCUT2D eigenvalue weighted by molar-refractivity contribution is 5.86. The van der Waals surface area contributed by atoms with Crippen molar-refractivity contribution in [3.8, 4) is 0 Å². The van der Waals surface area contributed by atoms with Crippen LogP contribution in [0.4, 0.5) is 0 Å². The molecule has 5 nitrogen and oxygen atoms in total. The summed E-state index contributed by atoms with van der Waals surface area (Å²) in [6, 6.07) is 9.53. The Kier molecular flexibility index (Phi) is 3.64. The molecule has 0 saturated heterocycles. The van der Waals surface area contributed by atoms with Crippen molar-refractivity contribution in [2.75, 3.05) is 0 Å². The van der Waals surface area contributed by atoms with E-state index in [0.717, 1.165) is 5.56 Å². The van der Waals surface area contributed by atoms with Crippen molar-refractivity contribution >= 4 is 12.0 Å². The van der Waals surface area contributed by atoms with Gasteiger partial charge in [-0.15, -0.1) is 0 Å². The minimum absolute atomic E-state index is 0.0674. The van der Waals surface area contributed by atoms with Gasteiger partial charge in [0.1, 0.15) is 12.7 Å². The molecular formula is C12H11N3O2. The molecule has 0 aliphatic carbocycles. The first-order valence-corrected chi connectivity index (χ1v) is 5.07. The van der Waals surface area contributed by atoms with Crippen LogP contribution in [-0.4, -0.2) is 20.7 Å². The van der Waals surface area contributed by atoms with E-state index in [1.54, 1.807) is 6.08 Å². The summed E-state index contributed by atoms with van der Waals surface area (Å²) in [6.07, 6.45) is 5.94. The third kappa shape index (κ3) is 3.57. The molecule has 0 bridgehead atoms. The van der Waals surface area contributed by atoms with E-state index in [1.807, 2.05) is 30.3 Å². The maximum atomic E-state index is 11.3. The lowest BCUT2D eigenvalue weighted by molar-refractivity contribution is -0.141. The number of esters is 1. The van der Waals surface area contributed by atoms with Crippen molar-refractivity contribution in [1.29, 1.82) is 0 Å². The molecule has 86 valence electrons. The second-order valence-electron chi connectivity index (χ2n) is 3.27. The quantitative estimate of drug-likeness (QED) is 0.588. The summed E-state index contributed by atoms with van der Waals surface area (Å²) in [7, 11) is 0. The SMILES string of the molecule is O=C(/C=C/c1ccccc1)OCn1cncn1. The maximum absolute atomic E-state index is 11.3. The smallest absolute Gasteiger partial charge is 0.332 e. The summed E-state index contributed by atoms with van der Waals surface area (Å²) in [6.45, 7) is 0.0674. The highest BCUT2D eigenvalue weighted by Gasteiger charge is 1.97. The Morgan fingerprint density at radius 2 is 2.18 bits per heavy atom. The Balaban J connectivity index is 1.83. The van der Waals surface area contributed by atoms with Crippen LogP contribution in [0, 0.1) is 0 Å². The normalized spacial score (nSPS) is 10.6. The van der Waals surface area contributed by atoms with Gasteiger partial charge < -0.3 is 4.74 Å². The van der Waals surface area contributed by atoms with Gasteiger partial charge in [0.25, 0.3) is 0 Å². The van der Waals surface area contributed by atoms with E-state index < -0.39 is 5.97 Å². The third-order valence-electron chi connectivity index (χ3n) is 2.02. The average molecular weight is 229 g/mol. The first-order valence-electron chi connectivity index (χ1n) is 5.07. The number of hydrogen-bond acceptors (Lipinski definition) is 4. The van der Waals surface area contributed by atoms with Crippen LogP contribution in [0.2, 0.25) is 0 Å². The molecule has 0 fully saturated rings. The zero-order chi connectivity index (χ0) is 11.9. The van der Waals surface area contributed by atoms with Gasteiger partial charge in [0.2, 0.25) is 0 Å². The topological polar surface area (TPSA) is 57.0 Å². The molecule has 0 unspecified atom stereocenters.